The fourth-order valence-electron chi connectivity index (χ4n) is 5.10. The summed E-state index contributed by atoms with van der Waals surface area (Å²) in [5, 5.41) is 9.99. The van der Waals surface area contributed by atoms with Crippen LogP contribution in [0.25, 0.3) is 0 Å². The molecule has 1 atom stereocenters. The minimum absolute atomic E-state index is 0.119. The van der Waals surface area contributed by atoms with Crippen LogP contribution in [0.15, 0.2) is 36.5 Å². The molecule has 0 saturated heterocycles. The molecule has 44 heavy (non-hydrogen) atoms. The highest BCUT2D eigenvalue weighted by Crippen LogP contribution is 2.14. The SMILES string of the molecule is CC/C=C\C/C=C\C/C=C\CCCCCCCC(=O)OCC(O)COC(=O)CCCCCCCCCCCCCCCCC. The lowest BCUT2D eigenvalue weighted by Gasteiger charge is -2.12. The van der Waals surface area contributed by atoms with E-state index in [9.17, 15) is 14.7 Å². The molecule has 0 radical (unpaired) electrons. The maximum absolute atomic E-state index is 11.9. The summed E-state index contributed by atoms with van der Waals surface area (Å²) in [6.45, 7) is 4.17. The topological polar surface area (TPSA) is 72.8 Å². The highest BCUT2D eigenvalue weighted by molar-refractivity contribution is 5.69. The predicted molar refractivity (Wildman–Crippen MR) is 187 cm³/mol. The van der Waals surface area contributed by atoms with Crippen molar-refractivity contribution in [3.63, 3.8) is 0 Å². The maximum atomic E-state index is 11.9. The summed E-state index contributed by atoms with van der Waals surface area (Å²) in [6, 6.07) is 0. The Balaban J connectivity index is 3.45. The Bertz CT molecular complexity index is 711. The average molecular weight is 619 g/mol. The molecule has 5 heteroatoms. The van der Waals surface area contributed by atoms with E-state index in [1.807, 2.05) is 0 Å². The lowest BCUT2D eigenvalue weighted by Crippen LogP contribution is -2.25. The van der Waals surface area contributed by atoms with E-state index in [4.69, 9.17) is 9.47 Å². The third-order valence-corrected chi connectivity index (χ3v) is 7.89. The van der Waals surface area contributed by atoms with Crippen molar-refractivity contribution in [2.75, 3.05) is 13.2 Å². The summed E-state index contributed by atoms with van der Waals surface area (Å²) >= 11 is 0. The van der Waals surface area contributed by atoms with Crippen molar-refractivity contribution in [1.29, 1.82) is 0 Å². The Morgan fingerprint density at radius 3 is 1.30 bits per heavy atom. The van der Waals surface area contributed by atoms with Crippen LogP contribution in [-0.2, 0) is 19.1 Å². The molecular weight excluding hydrogens is 548 g/mol. The number of aliphatic hydroxyl groups excluding tert-OH is 1. The van der Waals surface area contributed by atoms with Crippen LogP contribution in [0, 0.1) is 0 Å². The molecule has 0 aliphatic rings. The maximum Gasteiger partial charge on any atom is 0.305 e. The molecule has 256 valence electrons. The lowest BCUT2D eigenvalue weighted by molar-refractivity contribution is -0.152. The predicted octanol–water partition coefficient (Wildman–Crippen LogP) is 11.3. The smallest absolute Gasteiger partial charge is 0.305 e. The lowest BCUT2D eigenvalue weighted by atomic mass is 10.0. The molecule has 1 N–H and O–H groups in total. The van der Waals surface area contributed by atoms with Gasteiger partial charge in [0.1, 0.15) is 19.3 Å². The van der Waals surface area contributed by atoms with E-state index >= 15 is 0 Å². The van der Waals surface area contributed by atoms with Gasteiger partial charge in [0.15, 0.2) is 0 Å². The molecular formula is C39H70O5. The van der Waals surface area contributed by atoms with E-state index in [1.54, 1.807) is 0 Å². The molecule has 0 spiro atoms. The summed E-state index contributed by atoms with van der Waals surface area (Å²) in [5.74, 6) is -0.581. The van der Waals surface area contributed by atoms with E-state index in [0.29, 0.717) is 12.8 Å². The van der Waals surface area contributed by atoms with E-state index in [-0.39, 0.29) is 25.2 Å². The van der Waals surface area contributed by atoms with E-state index in [2.05, 4.69) is 50.3 Å². The van der Waals surface area contributed by atoms with Gasteiger partial charge in [0, 0.05) is 12.8 Å². The third-order valence-electron chi connectivity index (χ3n) is 7.89. The largest absolute Gasteiger partial charge is 0.463 e. The third kappa shape index (κ3) is 34.6. The van der Waals surface area contributed by atoms with Gasteiger partial charge in [0.25, 0.3) is 0 Å². The first-order valence-electron chi connectivity index (χ1n) is 18.5. The fraction of sp³-hybridized carbons (Fsp3) is 0.795. The Hall–Kier alpha value is -1.88. The number of unbranched alkanes of at least 4 members (excludes halogenated alkanes) is 19. The number of allylic oxidation sites excluding steroid dienone is 6. The second-order valence-corrected chi connectivity index (χ2v) is 12.3. The van der Waals surface area contributed by atoms with Crippen molar-refractivity contribution in [2.24, 2.45) is 0 Å². The van der Waals surface area contributed by atoms with Gasteiger partial charge in [-0.05, 0) is 44.9 Å². The first kappa shape index (κ1) is 42.1. The Kier molecular flexibility index (Phi) is 34.1. The number of carbonyl (C=O) groups is 2. The molecule has 0 aromatic heterocycles. The van der Waals surface area contributed by atoms with Crippen LogP contribution < -0.4 is 0 Å². The van der Waals surface area contributed by atoms with Crippen LogP contribution in [0.4, 0.5) is 0 Å². The van der Waals surface area contributed by atoms with Crippen molar-refractivity contribution in [3.05, 3.63) is 36.5 Å². The van der Waals surface area contributed by atoms with E-state index in [0.717, 1.165) is 64.2 Å². The molecule has 1 unspecified atom stereocenters. The zero-order valence-corrected chi connectivity index (χ0v) is 28.9. The molecule has 0 heterocycles. The number of rotatable bonds is 33. The standard InChI is InChI=1S/C39H70O5/c1-3-5-7-9-11-13-15-17-19-21-23-25-27-29-31-33-38(41)43-35-37(40)36-44-39(42)34-32-30-28-26-24-22-20-18-16-14-12-10-8-6-4-2/h5,7,11,13,17,19,37,40H,3-4,6,8-10,12,14-16,18,20-36H2,1-2H3/b7-5-,13-11-,19-17-. The summed E-state index contributed by atoms with van der Waals surface area (Å²) in [6.07, 6.45) is 41.9. The van der Waals surface area contributed by atoms with Crippen LogP contribution in [0.5, 0.6) is 0 Å². The van der Waals surface area contributed by atoms with Crippen molar-refractivity contribution >= 4 is 11.9 Å². The molecule has 0 saturated carbocycles. The zero-order valence-electron chi connectivity index (χ0n) is 28.9. The number of carbonyl (C=O) groups excluding carboxylic acids is 2. The van der Waals surface area contributed by atoms with Gasteiger partial charge in [-0.3, -0.25) is 9.59 Å². The van der Waals surface area contributed by atoms with Crippen LogP contribution in [0.3, 0.4) is 0 Å². The summed E-state index contributed by atoms with van der Waals surface area (Å²) in [5.41, 5.74) is 0. The first-order valence-corrected chi connectivity index (χ1v) is 18.5. The molecule has 0 fully saturated rings. The molecule has 0 aliphatic carbocycles. The Morgan fingerprint density at radius 1 is 0.500 bits per heavy atom. The van der Waals surface area contributed by atoms with Crippen molar-refractivity contribution in [1.82, 2.24) is 0 Å². The fourth-order valence-corrected chi connectivity index (χ4v) is 5.10. The molecule has 0 rings (SSSR count). The van der Waals surface area contributed by atoms with Crippen molar-refractivity contribution < 1.29 is 24.2 Å². The van der Waals surface area contributed by atoms with Gasteiger partial charge in [-0.2, -0.15) is 0 Å². The first-order chi connectivity index (χ1) is 21.6. The van der Waals surface area contributed by atoms with Crippen LogP contribution in [-0.4, -0.2) is 36.4 Å². The quantitative estimate of drug-likeness (QED) is 0.0450. The highest BCUT2D eigenvalue weighted by atomic mass is 16.6. The van der Waals surface area contributed by atoms with Gasteiger partial charge in [-0.15, -0.1) is 0 Å². The van der Waals surface area contributed by atoms with Gasteiger partial charge in [-0.1, -0.05) is 159 Å². The molecule has 0 aromatic carbocycles. The van der Waals surface area contributed by atoms with Crippen molar-refractivity contribution in [3.8, 4) is 0 Å². The van der Waals surface area contributed by atoms with Gasteiger partial charge < -0.3 is 14.6 Å². The Morgan fingerprint density at radius 2 is 0.864 bits per heavy atom. The van der Waals surface area contributed by atoms with Crippen LogP contribution in [0.1, 0.15) is 181 Å². The summed E-state index contributed by atoms with van der Waals surface area (Å²) in [7, 11) is 0. The van der Waals surface area contributed by atoms with Crippen LogP contribution >= 0.6 is 0 Å². The molecule has 5 nitrogen and oxygen atoms in total. The number of aliphatic hydroxyl groups is 1. The van der Waals surface area contributed by atoms with Crippen molar-refractivity contribution in [2.45, 2.75) is 187 Å². The van der Waals surface area contributed by atoms with Gasteiger partial charge >= 0.3 is 11.9 Å². The monoisotopic (exact) mass is 619 g/mol. The molecule has 0 bridgehead atoms. The number of esters is 2. The average Bonchev–Trinajstić information content (AvgIpc) is 3.02. The Labute approximate surface area is 272 Å². The molecule has 0 aliphatic heterocycles. The minimum Gasteiger partial charge on any atom is -0.463 e. The van der Waals surface area contributed by atoms with Crippen LogP contribution in [0.2, 0.25) is 0 Å². The zero-order chi connectivity index (χ0) is 32.2. The van der Waals surface area contributed by atoms with Gasteiger partial charge in [0.2, 0.25) is 0 Å². The molecule has 0 amide bonds. The second-order valence-electron chi connectivity index (χ2n) is 12.3. The van der Waals surface area contributed by atoms with E-state index < -0.39 is 6.10 Å². The van der Waals surface area contributed by atoms with Gasteiger partial charge in [0.05, 0.1) is 0 Å². The molecule has 0 aromatic rings. The minimum atomic E-state index is -0.967. The summed E-state index contributed by atoms with van der Waals surface area (Å²) in [4.78, 5) is 23.9. The van der Waals surface area contributed by atoms with Gasteiger partial charge in [-0.25, -0.2) is 0 Å². The highest BCUT2D eigenvalue weighted by Gasteiger charge is 2.12. The number of hydrogen-bond donors (Lipinski definition) is 1. The summed E-state index contributed by atoms with van der Waals surface area (Å²) < 4.78 is 10.3. The second kappa shape index (κ2) is 35.6. The number of ether oxygens (including phenoxy) is 2. The number of hydrogen-bond acceptors (Lipinski definition) is 5. The normalized spacial score (nSPS) is 12.5. The van der Waals surface area contributed by atoms with E-state index in [1.165, 1.54) is 89.9 Å².